The molecule has 0 bridgehead atoms. The Hall–Kier alpha value is -1.46. The van der Waals surface area contributed by atoms with Crippen molar-refractivity contribution in [2.75, 3.05) is 12.8 Å². The van der Waals surface area contributed by atoms with Crippen LogP contribution >= 0.6 is 9.39 Å². The Kier molecular flexibility index (Phi) is 6.35. The van der Waals surface area contributed by atoms with Gasteiger partial charge in [0.2, 0.25) is 0 Å². The first-order valence-electron chi connectivity index (χ1n) is 8.68. The van der Waals surface area contributed by atoms with Crippen LogP contribution in [-0.2, 0) is 0 Å². The highest BCUT2D eigenvalue weighted by Crippen LogP contribution is 2.32. The number of hydrogen-bond donors (Lipinski definition) is 2. The van der Waals surface area contributed by atoms with E-state index in [1.165, 1.54) is 18.5 Å². The Morgan fingerprint density at radius 2 is 2.17 bits per heavy atom. The second-order valence-corrected chi connectivity index (χ2v) is 9.53. The van der Waals surface area contributed by atoms with Crippen molar-refractivity contribution in [1.82, 2.24) is 14.9 Å². The van der Waals surface area contributed by atoms with Gasteiger partial charge >= 0.3 is 0 Å². The molecule has 0 aromatic heterocycles. The van der Waals surface area contributed by atoms with Gasteiger partial charge in [-0.2, -0.15) is 9.39 Å². The monoisotopic (exact) mass is 348 g/mol. The molecule has 1 aliphatic carbocycles. The maximum atomic E-state index is 4.35. The van der Waals surface area contributed by atoms with E-state index in [4.69, 9.17) is 0 Å². The molecule has 1 saturated carbocycles. The van der Waals surface area contributed by atoms with Crippen LogP contribution in [0.15, 0.2) is 41.3 Å². The molecule has 0 aromatic carbocycles. The lowest BCUT2D eigenvalue weighted by molar-refractivity contribution is 0.167. The van der Waals surface area contributed by atoms with Crippen LogP contribution in [0.3, 0.4) is 0 Å². The fourth-order valence-corrected chi connectivity index (χ4v) is 4.99. The summed E-state index contributed by atoms with van der Waals surface area (Å²) in [5.74, 6) is 10.6. The Bertz CT molecular complexity index is 649. The maximum Gasteiger partial charge on any atom is 0.138 e. The number of amidine groups is 1. The molecule has 134 valence electrons. The zero-order valence-electron chi connectivity index (χ0n) is 15.3. The third-order valence-electron chi connectivity index (χ3n) is 4.82. The molecule has 2 N–H and O–H groups in total. The predicted octanol–water partition coefficient (Wildman–Crippen LogP) is 3.36. The molecule has 1 heterocycles. The van der Waals surface area contributed by atoms with Gasteiger partial charge in [-0.1, -0.05) is 31.7 Å². The zero-order valence-corrected chi connectivity index (χ0v) is 16.2. The number of rotatable bonds is 8. The highest BCUT2D eigenvalue weighted by atomic mass is 32.2. The first kappa shape index (κ1) is 18.9. The standard InChI is InChI=1S/C19H32N4S/c1-7-9-12-24(5,6)22-16-13-17(14-16)23(4)15(3)18-10-11-21-19(18)20-8-2/h8,10-11,16-17,22H,2,5-7,9,12-14H2,1,3-4H3,(H,20,21)/b18-15+. The Labute approximate surface area is 148 Å². The molecule has 0 radical (unpaired) electrons. The van der Waals surface area contributed by atoms with E-state index in [2.05, 4.69) is 65.2 Å². The normalized spacial score (nSPS) is 25.0. The van der Waals surface area contributed by atoms with Gasteiger partial charge in [0.05, 0.1) is 0 Å². The van der Waals surface area contributed by atoms with E-state index < -0.39 is 9.39 Å². The predicted molar refractivity (Wildman–Crippen MR) is 112 cm³/mol. The van der Waals surface area contributed by atoms with Crippen LogP contribution in [0.2, 0.25) is 0 Å². The second-order valence-electron chi connectivity index (χ2n) is 6.79. The molecule has 1 aliphatic heterocycles. The van der Waals surface area contributed by atoms with Crippen LogP contribution in [-0.4, -0.2) is 47.4 Å². The van der Waals surface area contributed by atoms with Crippen molar-refractivity contribution in [2.24, 2.45) is 4.99 Å². The van der Waals surface area contributed by atoms with Crippen molar-refractivity contribution >= 4 is 27.0 Å². The minimum Gasteiger partial charge on any atom is -0.374 e. The lowest BCUT2D eigenvalue weighted by Gasteiger charge is -2.44. The van der Waals surface area contributed by atoms with Gasteiger partial charge in [-0.3, -0.25) is 4.72 Å². The van der Waals surface area contributed by atoms with E-state index >= 15 is 0 Å². The molecule has 0 saturated heterocycles. The number of allylic oxidation sites excluding steroid dienone is 1. The van der Waals surface area contributed by atoms with E-state index in [1.807, 2.05) is 6.20 Å². The Morgan fingerprint density at radius 1 is 1.46 bits per heavy atom. The largest absolute Gasteiger partial charge is 0.374 e. The average molecular weight is 349 g/mol. The molecule has 2 rings (SSSR count). The van der Waals surface area contributed by atoms with Crippen LogP contribution in [0.5, 0.6) is 0 Å². The number of unbranched alkanes of at least 4 members (excludes halogenated alkanes) is 1. The van der Waals surface area contributed by atoms with E-state index in [0.717, 1.165) is 30.0 Å². The summed E-state index contributed by atoms with van der Waals surface area (Å²) < 4.78 is 3.70. The Balaban J connectivity index is 1.90. The van der Waals surface area contributed by atoms with Gasteiger partial charge in [-0.15, -0.1) is 0 Å². The summed E-state index contributed by atoms with van der Waals surface area (Å²) in [6, 6.07) is 1.12. The minimum absolute atomic E-state index is 0.552. The third-order valence-corrected chi connectivity index (χ3v) is 6.73. The molecule has 5 heteroatoms. The molecule has 1 fully saturated rings. The van der Waals surface area contributed by atoms with Gasteiger partial charge in [0, 0.05) is 36.6 Å². The Morgan fingerprint density at radius 3 is 2.79 bits per heavy atom. The van der Waals surface area contributed by atoms with E-state index in [-0.39, 0.29) is 0 Å². The van der Waals surface area contributed by atoms with E-state index in [0.29, 0.717) is 12.1 Å². The van der Waals surface area contributed by atoms with Crippen LogP contribution in [0.25, 0.3) is 0 Å². The van der Waals surface area contributed by atoms with Gasteiger partial charge in [0.25, 0.3) is 0 Å². The molecule has 4 nitrogen and oxygen atoms in total. The maximum absolute atomic E-state index is 4.35. The summed E-state index contributed by atoms with van der Waals surface area (Å²) >= 11 is 0. The third kappa shape index (κ3) is 4.54. The first-order chi connectivity index (χ1) is 11.4. The summed E-state index contributed by atoms with van der Waals surface area (Å²) in [7, 11) is 1.04. The van der Waals surface area contributed by atoms with Crippen molar-refractivity contribution < 1.29 is 0 Å². The molecule has 24 heavy (non-hydrogen) atoms. The highest BCUT2D eigenvalue weighted by molar-refractivity contribution is 8.26. The van der Waals surface area contributed by atoms with Crippen molar-refractivity contribution in [3.8, 4) is 0 Å². The van der Waals surface area contributed by atoms with Crippen molar-refractivity contribution in [2.45, 2.75) is 51.6 Å². The minimum atomic E-state index is -1.14. The molecule has 0 amide bonds. The van der Waals surface area contributed by atoms with Gasteiger partial charge in [-0.05, 0) is 44.2 Å². The molecular weight excluding hydrogens is 316 g/mol. The zero-order chi connectivity index (χ0) is 17.7. The molecule has 0 spiro atoms. The summed E-state index contributed by atoms with van der Waals surface area (Å²) in [5.41, 5.74) is 2.39. The van der Waals surface area contributed by atoms with Crippen molar-refractivity contribution in [3.63, 3.8) is 0 Å². The summed E-state index contributed by atoms with van der Waals surface area (Å²) in [5, 5.41) is 3.11. The van der Waals surface area contributed by atoms with Crippen LogP contribution in [0.1, 0.15) is 39.5 Å². The van der Waals surface area contributed by atoms with Crippen molar-refractivity contribution in [1.29, 1.82) is 0 Å². The molecule has 0 aromatic rings. The van der Waals surface area contributed by atoms with Gasteiger partial charge in [0.15, 0.2) is 0 Å². The molecule has 0 atom stereocenters. The quantitative estimate of drug-likeness (QED) is 0.661. The number of nitrogens with zero attached hydrogens (tertiary/aromatic N) is 2. The van der Waals surface area contributed by atoms with Crippen LogP contribution in [0, 0.1) is 0 Å². The van der Waals surface area contributed by atoms with E-state index in [9.17, 15) is 0 Å². The van der Waals surface area contributed by atoms with Crippen LogP contribution in [0.4, 0.5) is 0 Å². The lowest BCUT2D eigenvalue weighted by atomic mass is 9.86. The van der Waals surface area contributed by atoms with Gasteiger partial charge in [0.1, 0.15) is 5.84 Å². The summed E-state index contributed by atoms with van der Waals surface area (Å²) in [6.07, 6.45) is 10.3. The topological polar surface area (TPSA) is 39.7 Å². The second kappa shape index (κ2) is 8.08. The smallest absolute Gasteiger partial charge is 0.138 e. The highest BCUT2D eigenvalue weighted by Gasteiger charge is 2.33. The summed E-state index contributed by atoms with van der Waals surface area (Å²) in [6.45, 7) is 8.09. The van der Waals surface area contributed by atoms with Crippen molar-refractivity contribution in [3.05, 3.63) is 36.3 Å². The molecule has 2 aliphatic rings. The lowest BCUT2D eigenvalue weighted by Crippen LogP contribution is -2.50. The molecular formula is C19H32N4S. The number of hydrogen-bond acceptors (Lipinski definition) is 4. The SMILES string of the molecule is C=CNC1=NC=C/C1=C(/C)N(C)C1CC(NS(=C)(=C)CCCC)C1. The first-order valence-corrected chi connectivity index (χ1v) is 10.8. The van der Waals surface area contributed by atoms with Crippen LogP contribution < -0.4 is 10.0 Å². The molecule has 0 unspecified atom stereocenters. The van der Waals surface area contributed by atoms with Gasteiger partial charge in [-0.25, -0.2) is 4.99 Å². The van der Waals surface area contributed by atoms with E-state index in [1.54, 1.807) is 6.20 Å². The number of aliphatic imine (C=N–C) groups is 1. The number of nitrogens with one attached hydrogen (secondary N) is 2. The fourth-order valence-electron chi connectivity index (χ4n) is 3.14. The van der Waals surface area contributed by atoms with Gasteiger partial charge < -0.3 is 10.2 Å². The fraction of sp³-hybridized carbons (Fsp3) is 0.526. The average Bonchev–Trinajstić information content (AvgIpc) is 2.96. The summed E-state index contributed by atoms with van der Waals surface area (Å²) in [4.78, 5) is 6.72.